The number of hydrogen-bond acceptors (Lipinski definition) is 2. The Kier molecular flexibility index (Phi) is 5.57. The van der Waals surface area contributed by atoms with Gasteiger partial charge in [-0.2, -0.15) is 0 Å². The molecule has 0 radical (unpaired) electrons. The fourth-order valence-corrected chi connectivity index (χ4v) is 2.50. The van der Waals surface area contributed by atoms with Crippen molar-refractivity contribution in [1.29, 1.82) is 0 Å². The van der Waals surface area contributed by atoms with Gasteiger partial charge in [0, 0.05) is 28.9 Å². The Bertz CT molecular complexity index is 510. The van der Waals surface area contributed by atoms with E-state index in [1.165, 1.54) is 5.56 Å². The third-order valence-corrected chi connectivity index (χ3v) is 3.75. The standard InChI is InChI=1S/C17H21ClN2/c1-3-11-20-17(14-7-9-15(18)10-8-14)13(2)16-6-4-5-12-19-16/h4-10,12-13,17,20H,3,11H2,1-2H3. The van der Waals surface area contributed by atoms with Crippen molar-refractivity contribution in [2.75, 3.05) is 6.54 Å². The van der Waals surface area contributed by atoms with Crippen LogP contribution in [0.2, 0.25) is 5.02 Å². The number of pyridine rings is 1. The first kappa shape index (κ1) is 15.0. The molecule has 0 aliphatic heterocycles. The molecule has 2 atom stereocenters. The molecule has 20 heavy (non-hydrogen) atoms. The van der Waals surface area contributed by atoms with Gasteiger partial charge in [0.25, 0.3) is 0 Å². The second-order valence-electron chi connectivity index (χ2n) is 5.03. The molecule has 3 heteroatoms. The van der Waals surface area contributed by atoms with Crippen molar-refractivity contribution in [2.45, 2.75) is 32.2 Å². The minimum Gasteiger partial charge on any atom is -0.309 e. The van der Waals surface area contributed by atoms with E-state index in [4.69, 9.17) is 11.6 Å². The molecule has 0 fully saturated rings. The number of benzene rings is 1. The molecule has 0 amide bonds. The summed E-state index contributed by atoms with van der Waals surface area (Å²) in [6.07, 6.45) is 2.96. The Morgan fingerprint density at radius 3 is 2.50 bits per heavy atom. The van der Waals surface area contributed by atoms with Crippen molar-refractivity contribution in [1.82, 2.24) is 10.3 Å². The molecule has 1 aromatic carbocycles. The molecule has 2 unspecified atom stereocenters. The minimum absolute atomic E-state index is 0.252. The normalized spacial score (nSPS) is 13.9. The lowest BCUT2D eigenvalue weighted by Crippen LogP contribution is -2.27. The SMILES string of the molecule is CCCNC(c1ccc(Cl)cc1)C(C)c1ccccn1. The maximum Gasteiger partial charge on any atom is 0.0450 e. The maximum atomic E-state index is 5.98. The van der Waals surface area contributed by atoms with Gasteiger partial charge in [0.2, 0.25) is 0 Å². The van der Waals surface area contributed by atoms with Crippen LogP contribution in [0.3, 0.4) is 0 Å². The van der Waals surface area contributed by atoms with Crippen LogP contribution in [0.4, 0.5) is 0 Å². The van der Waals surface area contributed by atoms with Crippen LogP contribution in [0, 0.1) is 0 Å². The summed E-state index contributed by atoms with van der Waals surface area (Å²) in [5, 5.41) is 4.39. The average Bonchev–Trinajstić information content (AvgIpc) is 2.50. The van der Waals surface area contributed by atoms with Gasteiger partial charge in [-0.05, 0) is 42.8 Å². The molecule has 0 bridgehead atoms. The van der Waals surface area contributed by atoms with Crippen LogP contribution < -0.4 is 5.32 Å². The molecule has 106 valence electrons. The molecule has 1 N–H and O–H groups in total. The smallest absolute Gasteiger partial charge is 0.0450 e. The fraction of sp³-hybridized carbons (Fsp3) is 0.353. The van der Waals surface area contributed by atoms with Crippen molar-refractivity contribution >= 4 is 11.6 Å². The molecular formula is C17H21ClN2. The lowest BCUT2D eigenvalue weighted by molar-refractivity contribution is 0.460. The third-order valence-electron chi connectivity index (χ3n) is 3.50. The summed E-state index contributed by atoms with van der Waals surface area (Å²) in [6, 6.07) is 14.4. The van der Waals surface area contributed by atoms with Crippen LogP contribution in [-0.4, -0.2) is 11.5 Å². The first-order valence-corrected chi connectivity index (χ1v) is 7.50. The summed E-state index contributed by atoms with van der Waals surface area (Å²) >= 11 is 5.98. The number of hydrogen-bond donors (Lipinski definition) is 1. The molecule has 1 heterocycles. The highest BCUT2D eigenvalue weighted by atomic mass is 35.5. The molecule has 2 aromatic rings. The highest BCUT2D eigenvalue weighted by molar-refractivity contribution is 6.30. The highest BCUT2D eigenvalue weighted by Crippen LogP contribution is 2.30. The Morgan fingerprint density at radius 1 is 1.15 bits per heavy atom. The van der Waals surface area contributed by atoms with E-state index in [2.05, 4.69) is 42.3 Å². The summed E-state index contributed by atoms with van der Waals surface area (Å²) in [5.41, 5.74) is 2.36. The van der Waals surface area contributed by atoms with Gasteiger partial charge in [-0.25, -0.2) is 0 Å². The van der Waals surface area contributed by atoms with Gasteiger partial charge in [0.1, 0.15) is 0 Å². The Balaban J connectivity index is 2.25. The Morgan fingerprint density at radius 2 is 1.90 bits per heavy atom. The number of rotatable bonds is 6. The van der Waals surface area contributed by atoms with Crippen LogP contribution in [0.15, 0.2) is 48.7 Å². The molecule has 0 aliphatic rings. The topological polar surface area (TPSA) is 24.9 Å². The molecule has 2 nitrogen and oxygen atoms in total. The van der Waals surface area contributed by atoms with E-state index in [0.29, 0.717) is 5.92 Å². The summed E-state index contributed by atoms with van der Waals surface area (Å²) in [4.78, 5) is 4.48. The second-order valence-corrected chi connectivity index (χ2v) is 5.46. The van der Waals surface area contributed by atoms with Crippen molar-refractivity contribution in [3.63, 3.8) is 0 Å². The first-order valence-electron chi connectivity index (χ1n) is 7.12. The van der Waals surface area contributed by atoms with E-state index in [1.54, 1.807) is 0 Å². The molecule has 0 saturated heterocycles. The van der Waals surface area contributed by atoms with Gasteiger partial charge in [0.05, 0.1) is 0 Å². The fourth-order valence-electron chi connectivity index (χ4n) is 2.37. The van der Waals surface area contributed by atoms with Gasteiger partial charge in [-0.1, -0.05) is 43.6 Å². The van der Waals surface area contributed by atoms with E-state index >= 15 is 0 Å². The van der Waals surface area contributed by atoms with E-state index in [0.717, 1.165) is 23.7 Å². The molecule has 1 aromatic heterocycles. The number of halogens is 1. The zero-order valence-electron chi connectivity index (χ0n) is 12.0. The van der Waals surface area contributed by atoms with Crippen LogP contribution in [0.5, 0.6) is 0 Å². The van der Waals surface area contributed by atoms with Crippen molar-refractivity contribution in [3.05, 3.63) is 64.9 Å². The summed E-state index contributed by atoms with van der Waals surface area (Å²) < 4.78 is 0. The van der Waals surface area contributed by atoms with Crippen LogP contribution in [0.1, 0.15) is 43.5 Å². The molecule has 2 rings (SSSR count). The minimum atomic E-state index is 0.252. The van der Waals surface area contributed by atoms with E-state index in [9.17, 15) is 0 Å². The van der Waals surface area contributed by atoms with Crippen molar-refractivity contribution in [2.24, 2.45) is 0 Å². The number of nitrogens with one attached hydrogen (secondary N) is 1. The van der Waals surface area contributed by atoms with Crippen LogP contribution in [0.25, 0.3) is 0 Å². The summed E-state index contributed by atoms with van der Waals surface area (Å²) in [6.45, 7) is 5.38. The molecule has 0 spiro atoms. The van der Waals surface area contributed by atoms with E-state index in [-0.39, 0.29) is 6.04 Å². The lowest BCUT2D eigenvalue weighted by Gasteiger charge is -2.25. The van der Waals surface area contributed by atoms with Gasteiger partial charge in [-0.15, -0.1) is 0 Å². The first-order chi connectivity index (χ1) is 9.72. The summed E-state index contributed by atoms with van der Waals surface area (Å²) in [7, 11) is 0. The third kappa shape index (κ3) is 3.81. The van der Waals surface area contributed by atoms with Gasteiger partial charge in [-0.3, -0.25) is 4.98 Å². The predicted molar refractivity (Wildman–Crippen MR) is 85.1 cm³/mol. The zero-order chi connectivity index (χ0) is 14.4. The zero-order valence-corrected chi connectivity index (χ0v) is 12.8. The second kappa shape index (κ2) is 7.41. The molecular weight excluding hydrogens is 268 g/mol. The van der Waals surface area contributed by atoms with Crippen molar-refractivity contribution in [3.8, 4) is 0 Å². The molecule has 0 saturated carbocycles. The predicted octanol–water partition coefficient (Wildman–Crippen LogP) is 4.58. The van der Waals surface area contributed by atoms with Gasteiger partial charge >= 0.3 is 0 Å². The van der Waals surface area contributed by atoms with E-state index < -0.39 is 0 Å². The molecule has 0 aliphatic carbocycles. The van der Waals surface area contributed by atoms with Crippen LogP contribution in [-0.2, 0) is 0 Å². The monoisotopic (exact) mass is 288 g/mol. The summed E-state index contributed by atoms with van der Waals surface area (Å²) in [5.74, 6) is 0.309. The number of aromatic nitrogens is 1. The largest absolute Gasteiger partial charge is 0.309 e. The van der Waals surface area contributed by atoms with Crippen LogP contribution >= 0.6 is 11.6 Å². The highest BCUT2D eigenvalue weighted by Gasteiger charge is 2.20. The van der Waals surface area contributed by atoms with Crippen molar-refractivity contribution < 1.29 is 0 Å². The lowest BCUT2D eigenvalue weighted by atomic mass is 9.91. The maximum absolute atomic E-state index is 5.98. The number of nitrogens with zero attached hydrogens (tertiary/aromatic N) is 1. The quantitative estimate of drug-likeness (QED) is 0.841. The Labute approximate surface area is 126 Å². The van der Waals surface area contributed by atoms with Gasteiger partial charge < -0.3 is 5.32 Å². The van der Waals surface area contributed by atoms with Gasteiger partial charge in [0.15, 0.2) is 0 Å². The van der Waals surface area contributed by atoms with E-state index in [1.807, 2.05) is 30.5 Å². The Hall–Kier alpha value is -1.38. The average molecular weight is 289 g/mol.